The van der Waals surface area contributed by atoms with E-state index in [1.807, 2.05) is 25.1 Å². The van der Waals surface area contributed by atoms with Gasteiger partial charge >= 0.3 is 0 Å². The molecule has 0 radical (unpaired) electrons. The number of ether oxygens (including phenoxy) is 1. The molecule has 0 aliphatic carbocycles. The zero-order valence-corrected chi connectivity index (χ0v) is 17.2. The van der Waals surface area contributed by atoms with E-state index < -0.39 is 0 Å². The second-order valence-corrected chi connectivity index (χ2v) is 5.76. The highest BCUT2D eigenvalue weighted by Crippen LogP contribution is 2.05. The van der Waals surface area contributed by atoms with E-state index in [0.29, 0.717) is 18.0 Å². The predicted molar refractivity (Wildman–Crippen MR) is 110 cm³/mol. The maximum Gasteiger partial charge on any atom is 0.191 e. The first kappa shape index (κ1) is 22.7. The Morgan fingerprint density at radius 2 is 2.12 bits per heavy atom. The predicted octanol–water partition coefficient (Wildman–Crippen LogP) is 3.29. The lowest BCUT2D eigenvalue weighted by molar-refractivity contribution is 0.108. The van der Waals surface area contributed by atoms with Crippen molar-refractivity contribution in [2.45, 2.75) is 33.7 Å². The third-order valence-corrected chi connectivity index (χ3v) is 3.03. The quantitative estimate of drug-likeness (QED) is 0.266. The molecule has 1 rings (SSSR count). The van der Waals surface area contributed by atoms with Gasteiger partial charge in [0.15, 0.2) is 5.96 Å². The van der Waals surface area contributed by atoms with Crippen LogP contribution in [0.15, 0.2) is 29.3 Å². The minimum atomic E-state index is 0. The van der Waals surface area contributed by atoms with Crippen LogP contribution in [0.1, 0.15) is 38.3 Å². The van der Waals surface area contributed by atoms with Crippen molar-refractivity contribution in [2.24, 2.45) is 10.9 Å². The number of halogens is 1. The molecule has 6 heteroatoms. The van der Waals surface area contributed by atoms with E-state index in [4.69, 9.17) is 10.00 Å². The number of nitrogens with one attached hydrogen (secondary N) is 2. The molecule has 0 amide bonds. The molecule has 1 aromatic rings. The fourth-order valence-corrected chi connectivity index (χ4v) is 1.95. The van der Waals surface area contributed by atoms with Crippen molar-refractivity contribution in [1.82, 2.24) is 10.6 Å². The van der Waals surface area contributed by atoms with Gasteiger partial charge in [-0.05, 0) is 37.0 Å². The molecule has 0 aliphatic rings. The molecule has 0 atom stereocenters. The SMILES string of the molecule is CCNC(=NCc1cccc(C#N)c1)NCCCOCC(C)C.I. The molecule has 24 heavy (non-hydrogen) atoms. The maximum atomic E-state index is 8.92. The summed E-state index contributed by atoms with van der Waals surface area (Å²) in [6.45, 7) is 10.1. The Hall–Kier alpha value is -1.33. The minimum Gasteiger partial charge on any atom is -0.381 e. The molecular formula is C18H29IN4O. The summed E-state index contributed by atoms with van der Waals surface area (Å²) in [6, 6.07) is 9.68. The summed E-state index contributed by atoms with van der Waals surface area (Å²) in [5.74, 6) is 1.37. The van der Waals surface area contributed by atoms with Gasteiger partial charge in [-0.15, -0.1) is 24.0 Å². The average molecular weight is 444 g/mol. The van der Waals surface area contributed by atoms with Gasteiger partial charge in [-0.25, -0.2) is 4.99 Å². The molecular weight excluding hydrogens is 415 g/mol. The van der Waals surface area contributed by atoms with E-state index in [0.717, 1.165) is 44.2 Å². The summed E-state index contributed by atoms with van der Waals surface area (Å²) in [7, 11) is 0. The van der Waals surface area contributed by atoms with E-state index in [1.54, 1.807) is 6.07 Å². The van der Waals surface area contributed by atoms with E-state index in [2.05, 4.69) is 35.5 Å². The molecule has 0 fully saturated rings. The monoisotopic (exact) mass is 444 g/mol. The lowest BCUT2D eigenvalue weighted by Crippen LogP contribution is -2.38. The highest BCUT2D eigenvalue weighted by Gasteiger charge is 1.99. The molecule has 5 nitrogen and oxygen atoms in total. The number of aliphatic imine (C=N–C) groups is 1. The van der Waals surface area contributed by atoms with Crippen molar-refractivity contribution in [3.8, 4) is 6.07 Å². The first-order chi connectivity index (χ1) is 11.2. The summed E-state index contributed by atoms with van der Waals surface area (Å²) >= 11 is 0. The van der Waals surface area contributed by atoms with Gasteiger partial charge in [-0.1, -0.05) is 26.0 Å². The van der Waals surface area contributed by atoms with Gasteiger partial charge in [0, 0.05) is 26.3 Å². The fraction of sp³-hybridized carbons (Fsp3) is 0.556. The molecule has 134 valence electrons. The van der Waals surface area contributed by atoms with Crippen LogP contribution in [0.2, 0.25) is 0 Å². The Morgan fingerprint density at radius 1 is 1.33 bits per heavy atom. The van der Waals surface area contributed by atoms with Crippen LogP contribution in [0, 0.1) is 17.2 Å². The number of benzene rings is 1. The zero-order valence-electron chi connectivity index (χ0n) is 14.8. The Morgan fingerprint density at radius 3 is 2.79 bits per heavy atom. The first-order valence-corrected chi connectivity index (χ1v) is 8.24. The molecule has 0 saturated heterocycles. The average Bonchev–Trinajstić information content (AvgIpc) is 2.55. The van der Waals surface area contributed by atoms with Gasteiger partial charge in [0.1, 0.15) is 0 Å². The summed E-state index contributed by atoms with van der Waals surface area (Å²) in [5.41, 5.74) is 1.69. The first-order valence-electron chi connectivity index (χ1n) is 8.24. The molecule has 0 aliphatic heterocycles. The second kappa shape index (κ2) is 14.1. The maximum absolute atomic E-state index is 8.92. The van der Waals surface area contributed by atoms with Gasteiger partial charge < -0.3 is 15.4 Å². The van der Waals surface area contributed by atoms with Crippen molar-refractivity contribution in [2.75, 3.05) is 26.3 Å². The molecule has 2 N–H and O–H groups in total. The van der Waals surface area contributed by atoms with E-state index >= 15 is 0 Å². The lowest BCUT2D eigenvalue weighted by Gasteiger charge is -2.12. The van der Waals surface area contributed by atoms with Crippen LogP contribution in [-0.4, -0.2) is 32.3 Å². The summed E-state index contributed by atoms with van der Waals surface area (Å²) in [4.78, 5) is 4.55. The van der Waals surface area contributed by atoms with Crippen LogP contribution in [0.3, 0.4) is 0 Å². The van der Waals surface area contributed by atoms with Gasteiger partial charge in [-0.2, -0.15) is 5.26 Å². The second-order valence-electron chi connectivity index (χ2n) is 5.76. The largest absolute Gasteiger partial charge is 0.381 e. The summed E-state index contributed by atoms with van der Waals surface area (Å²) < 4.78 is 5.56. The highest BCUT2D eigenvalue weighted by molar-refractivity contribution is 14.0. The normalized spacial score (nSPS) is 10.9. The lowest BCUT2D eigenvalue weighted by atomic mass is 10.1. The molecule has 0 heterocycles. The molecule has 0 spiro atoms. The summed E-state index contributed by atoms with van der Waals surface area (Å²) in [6.07, 6.45) is 0.945. The standard InChI is InChI=1S/C18H28N4O.HI/c1-4-20-18(21-9-6-10-23-14-15(2)3)22-13-17-8-5-7-16(11-17)12-19;/h5,7-8,11,15H,4,6,9-10,13-14H2,1-3H3,(H2,20,21,22);1H. The smallest absolute Gasteiger partial charge is 0.191 e. The van der Waals surface area contributed by atoms with E-state index in [-0.39, 0.29) is 24.0 Å². The van der Waals surface area contributed by atoms with Crippen LogP contribution < -0.4 is 10.6 Å². The van der Waals surface area contributed by atoms with E-state index in [1.165, 1.54) is 0 Å². The topological polar surface area (TPSA) is 69.4 Å². The third-order valence-electron chi connectivity index (χ3n) is 3.03. The number of hydrogen-bond acceptors (Lipinski definition) is 3. The number of guanidine groups is 1. The van der Waals surface area contributed by atoms with Crippen LogP contribution in [0.4, 0.5) is 0 Å². The molecule has 0 unspecified atom stereocenters. The van der Waals surface area contributed by atoms with Gasteiger partial charge in [0.25, 0.3) is 0 Å². The van der Waals surface area contributed by atoms with Crippen LogP contribution in [0.25, 0.3) is 0 Å². The van der Waals surface area contributed by atoms with Crippen molar-refractivity contribution in [3.63, 3.8) is 0 Å². The fourth-order valence-electron chi connectivity index (χ4n) is 1.95. The van der Waals surface area contributed by atoms with Crippen molar-refractivity contribution < 1.29 is 4.74 Å². The number of nitriles is 1. The molecule has 0 saturated carbocycles. The summed E-state index contributed by atoms with van der Waals surface area (Å²) in [5, 5.41) is 15.4. The van der Waals surface area contributed by atoms with Gasteiger partial charge in [0.2, 0.25) is 0 Å². The molecule has 0 bridgehead atoms. The highest BCUT2D eigenvalue weighted by atomic mass is 127. The van der Waals surface area contributed by atoms with Crippen molar-refractivity contribution >= 4 is 29.9 Å². The zero-order chi connectivity index (χ0) is 16.9. The Balaban J connectivity index is 0.00000529. The molecule has 1 aromatic carbocycles. The van der Waals surface area contributed by atoms with Crippen molar-refractivity contribution in [1.29, 1.82) is 5.26 Å². The van der Waals surface area contributed by atoms with Crippen molar-refractivity contribution in [3.05, 3.63) is 35.4 Å². The van der Waals surface area contributed by atoms with Crippen LogP contribution in [-0.2, 0) is 11.3 Å². The molecule has 0 aromatic heterocycles. The van der Waals surface area contributed by atoms with Gasteiger partial charge in [-0.3, -0.25) is 0 Å². The number of nitrogens with zero attached hydrogens (tertiary/aromatic N) is 2. The Labute approximate surface area is 162 Å². The van der Waals surface area contributed by atoms with E-state index in [9.17, 15) is 0 Å². The minimum absolute atomic E-state index is 0. The third kappa shape index (κ3) is 10.4. The number of hydrogen-bond donors (Lipinski definition) is 2. The number of rotatable bonds is 9. The Bertz CT molecular complexity index is 526. The van der Waals surface area contributed by atoms with Crippen LogP contribution >= 0.6 is 24.0 Å². The van der Waals surface area contributed by atoms with Gasteiger partial charge in [0.05, 0.1) is 18.2 Å². The van der Waals surface area contributed by atoms with Crippen LogP contribution in [0.5, 0.6) is 0 Å². The Kier molecular flexibility index (Phi) is 13.3.